The molecule has 1 aromatic rings. The van der Waals surface area contributed by atoms with Crippen LogP contribution in [0.1, 0.15) is 24.2 Å². The number of nitrogens with one attached hydrogen (secondary N) is 2. The molecule has 1 aromatic carbocycles. The zero-order valence-electron chi connectivity index (χ0n) is 11.0. The highest BCUT2D eigenvalue weighted by Gasteiger charge is 2.32. The van der Waals surface area contributed by atoms with Crippen LogP contribution in [0.25, 0.3) is 0 Å². The minimum atomic E-state index is -0.0246. The van der Waals surface area contributed by atoms with Crippen molar-refractivity contribution in [2.24, 2.45) is 5.41 Å². The van der Waals surface area contributed by atoms with Crippen LogP contribution in [0.2, 0.25) is 0 Å². The molecule has 0 aromatic heterocycles. The van der Waals surface area contributed by atoms with Gasteiger partial charge in [0.2, 0.25) is 0 Å². The van der Waals surface area contributed by atoms with Gasteiger partial charge in [0.15, 0.2) is 0 Å². The Balaban J connectivity index is 1.89. The second-order valence-electron chi connectivity index (χ2n) is 5.09. The number of amides is 1. The van der Waals surface area contributed by atoms with E-state index in [4.69, 9.17) is 4.74 Å². The van der Waals surface area contributed by atoms with Gasteiger partial charge in [-0.05, 0) is 31.2 Å². The normalized spacial score (nSPS) is 16.8. The van der Waals surface area contributed by atoms with Crippen LogP contribution in [0.4, 0.5) is 5.69 Å². The van der Waals surface area contributed by atoms with E-state index in [-0.39, 0.29) is 11.3 Å². The predicted octanol–water partition coefficient (Wildman–Crippen LogP) is 1.88. The summed E-state index contributed by atoms with van der Waals surface area (Å²) in [7, 11) is 0. The molecule has 1 aliphatic rings. The molecular formula is C14H20N2O2. The van der Waals surface area contributed by atoms with Gasteiger partial charge in [-0.3, -0.25) is 4.79 Å². The summed E-state index contributed by atoms with van der Waals surface area (Å²) in [6.45, 7) is 7.29. The van der Waals surface area contributed by atoms with Crippen LogP contribution >= 0.6 is 0 Å². The standard InChI is InChI=1S/C14H20N2O2/c1-3-15-13(17)11-4-6-12(7-5-11)16-8-14(2)9-18-10-14/h4-7,16H,3,8-10H2,1-2H3,(H,15,17). The zero-order valence-corrected chi connectivity index (χ0v) is 11.0. The fourth-order valence-electron chi connectivity index (χ4n) is 1.87. The number of anilines is 1. The van der Waals surface area contributed by atoms with Crippen LogP contribution in [-0.4, -0.2) is 32.2 Å². The van der Waals surface area contributed by atoms with Crippen LogP contribution in [0.3, 0.4) is 0 Å². The van der Waals surface area contributed by atoms with Gasteiger partial charge in [0, 0.05) is 29.8 Å². The van der Waals surface area contributed by atoms with E-state index in [1.807, 2.05) is 31.2 Å². The van der Waals surface area contributed by atoms with Crippen LogP contribution < -0.4 is 10.6 Å². The van der Waals surface area contributed by atoms with Crippen LogP contribution in [-0.2, 0) is 4.74 Å². The molecule has 0 bridgehead atoms. The molecule has 0 unspecified atom stereocenters. The summed E-state index contributed by atoms with van der Waals surface area (Å²) < 4.78 is 5.21. The van der Waals surface area contributed by atoms with Gasteiger partial charge in [-0.25, -0.2) is 0 Å². The molecule has 18 heavy (non-hydrogen) atoms. The largest absolute Gasteiger partial charge is 0.384 e. The molecule has 0 saturated carbocycles. The fraction of sp³-hybridized carbons (Fsp3) is 0.500. The van der Waals surface area contributed by atoms with E-state index in [1.54, 1.807) is 0 Å². The van der Waals surface area contributed by atoms with Gasteiger partial charge in [0.05, 0.1) is 13.2 Å². The van der Waals surface area contributed by atoms with E-state index in [0.717, 1.165) is 25.4 Å². The zero-order chi connectivity index (χ0) is 13.0. The second kappa shape index (κ2) is 5.40. The van der Waals surface area contributed by atoms with Crippen molar-refractivity contribution in [1.29, 1.82) is 0 Å². The molecule has 0 atom stereocenters. The average molecular weight is 248 g/mol. The SMILES string of the molecule is CCNC(=O)c1ccc(NCC2(C)COC2)cc1. The molecule has 2 rings (SSSR count). The molecule has 98 valence electrons. The summed E-state index contributed by atoms with van der Waals surface area (Å²) >= 11 is 0. The number of carbonyl (C=O) groups excluding carboxylic acids is 1. The topological polar surface area (TPSA) is 50.4 Å². The van der Waals surface area contributed by atoms with Gasteiger partial charge in [-0.1, -0.05) is 6.92 Å². The van der Waals surface area contributed by atoms with Gasteiger partial charge in [0.1, 0.15) is 0 Å². The Bertz CT molecular complexity index is 410. The second-order valence-corrected chi connectivity index (χ2v) is 5.09. The molecular weight excluding hydrogens is 228 g/mol. The molecule has 1 fully saturated rings. The smallest absolute Gasteiger partial charge is 0.251 e. The van der Waals surface area contributed by atoms with E-state index >= 15 is 0 Å². The minimum absolute atomic E-state index is 0.0246. The Hall–Kier alpha value is -1.55. The Kier molecular flexibility index (Phi) is 3.87. The summed E-state index contributed by atoms with van der Waals surface area (Å²) in [6.07, 6.45) is 0. The summed E-state index contributed by atoms with van der Waals surface area (Å²) in [5, 5.41) is 6.15. The molecule has 0 radical (unpaired) electrons. The van der Waals surface area contributed by atoms with E-state index < -0.39 is 0 Å². The monoisotopic (exact) mass is 248 g/mol. The number of ether oxygens (including phenoxy) is 1. The maximum Gasteiger partial charge on any atom is 0.251 e. The third kappa shape index (κ3) is 3.01. The number of carbonyl (C=O) groups is 1. The van der Waals surface area contributed by atoms with Crippen molar-refractivity contribution in [2.45, 2.75) is 13.8 Å². The van der Waals surface area contributed by atoms with Gasteiger partial charge in [-0.2, -0.15) is 0 Å². The van der Waals surface area contributed by atoms with Crippen molar-refractivity contribution in [1.82, 2.24) is 5.32 Å². The molecule has 1 amide bonds. The van der Waals surface area contributed by atoms with Crippen LogP contribution in [0.15, 0.2) is 24.3 Å². The lowest BCUT2D eigenvalue weighted by Gasteiger charge is -2.38. The molecule has 4 heteroatoms. The maximum absolute atomic E-state index is 11.6. The maximum atomic E-state index is 11.6. The number of hydrogen-bond acceptors (Lipinski definition) is 3. The first-order valence-electron chi connectivity index (χ1n) is 6.33. The van der Waals surface area contributed by atoms with E-state index in [1.165, 1.54) is 0 Å². The average Bonchev–Trinajstić information content (AvgIpc) is 2.35. The summed E-state index contributed by atoms with van der Waals surface area (Å²) in [5.74, 6) is -0.0246. The highest BCUT2D eigenvalue weighted by molar-refractivity contribution is 5.94. The Morgan fingerprint density at radius 1 is 1.33 bits per heavy atom. The van der Waals surface area contributed by atoms with Crippen molar-refractivity contribution in [2.75, 3.05) is 31.6 Å². The van der Waals surface area contributed by atoms with Crippen molar-refractivity contribution >= 4 is 11.6 Å². The first kappa shape index (κ1) is 12.9. The molecule has 4 nitrogen and oxygen atoms in total. The highest BCUT2D eigenvalue weighted by Crippen LogP contribution is 2.26. The lowest BCUT2D eigenvalue weighted by molar-refractivity contribution is -0.0924. The third-order valence-corrected chi connectivity index (χ3v) is 3.10. The first-order valence-corrected chi connectivity index (χ1v) is 6.33. The Morgan fingerprint density at radius 2 is 2.00 bits per heavy atom. The van der Waals surface area contributed by atoms with Crippen molar-refractivity contribution in [3.05, 3.63) is 29.8 Å². The predicted molar refractivity (Wildman–Crippen MR) is 71.9 cm³/mol. The fourth-order valence-corrected chi connectivity index (χ4v) is 1.87. The number of rotatable bonds is 5. The first-order chi connectivity index (χ1) is 8.63. The molecule has 1 aliphatic heterocycles. The van der Waals surface area contributed by atoms with Crippen LogP contribution in [0.5, 0.6) is 0 Å². The van der Waals surface area contributed by atoms with E-state index in [2.05, 4.69) is 17.6 Å². The van der Waals surface area contributed by atoms with Crippen LogP contribution in [0, 0.1) is 5.41 Å². The summed E-state index contributed by atoms with van der Waals surface area (Å²) in [6, 6.07) is 7.56. The van der Waals surface area contributed by atoms with Gasteiger partial charge < -0.3 is 15.4 Å². The quantitative estimate of drug-likeness (QED) is 0.836. The molecule has 1 saturated heterocycles. The van der Waals surface area contributed by atoms with Crippen molar-refractivity contribution < 1.29 is 9.53 Å². The third-order valence-electron chi connectivity index (χ3n) is 3.10. The Morgan fingerprint density at radius 3 is 2.50 bits per heavy atom. The minimum Gasteiger partial charge on any atom is -0.384 e. The Labute approximate surface area is 108 Å². The van der Waals surface area contributed by atoms with Crippen molar-refractivity contribution in [3.8, 4) is 0 Å². The number of hydrogen-bond donors (Lipinski definition) is 2. The molecule has 2 N–H and O–H groups in total. The van der Waals surface area contributed by atoms with Crippen molar-refractivity contribution in [3.63, 3.8) is 0 Å². The van der Waals surface area contributed by atoms with Gasteiger partial charge >= 0.3 is 0 Å². The van der Waals surface area contributed by atoms with Gasteiger partial charge in [-0.15, -0.1) is 0 Å². The summed E-state index contributed by atoms with van der Waals surface area (Å²) in [4.78, 5) is 11.6. The summed E-state index contributed by atoms with van der Waals surface area (Å²) in [5.41, 5.74) is 1.98. The number of benzene rings is 1. The molecule has 0 spiro atoms. The lowest BCUT2D eigenvalue weighted by atomic mass is 9.89. The molecule has 0 aliphatic carbocycles. The van der Waals surface area contributed by atoms with E-state index in [0.29, 0.717) is 12.1 Å². The van der Waals surface area contributed by atoms with Gasteiger partial charge in [0.25, 0.3) is 5.91 Å². The molecule has 1 heterocycles. The lowest BCUT2D eigenvalue weighted by Crippen LogP contribution is -2.45. The highest BCUT2D eigenvalue weighted by atomic mass is 16.5. The van der Waals surface area contributed by atoms with E-state index in [9.17, 15) is 4.79 Å².